The molecule has 0 radical (unpaired) electrons. The molecule has 26 heavy (non-hydrogen) atoms. The Labute approximate surface area is 156 Å². The van der Waals surface area contributed by atoms with Crippen LogP contribution in [0.15, 0.2) is 53.4 Å². The molecule has 0 aliphatic carbocycles. The molecular weight excluding hydrogens is 380 g/mol. The minimum absolute atomic E-state index is 0.0293. The molecule has 9 heteroatoms. The van der Waals surface area contributed by atoms with Crippen LogP contribution in [0.3, 0.4) is 0 Å². The second-order valence-electron chi connectivity index (χ2n) is 5.22. The molecule has 0 heterocycles. The lowest BCUT2D eigenvalue weighted by Gasteiger charge is -2.17. The molecule has 7 nitrogen and oxygen atoms in total. The van der Waals surface area contributed by atoms with Crippen LogP contribution in [0, 0.1) is 0 Å². The number of halogens is 1. The van der Waals surface area contributed by atoms with Crippen molar-refractivity contribution in [3.8, 4) is 0 Å². The van der Waals surface area contributed by atoms with Gasteiger partial charge < -0.3 is 9.64 Å². The van der Waals surface area contributed by atoms with Gasteiger partial charge in [-0.2, -0.15) is 0 Å². The van der Waals surface area contributed by atoms with Crippen LogP contribution in [0.1, 0.15) is 10.4 Å². The van der Waals surface area contributed by atoms with Gasteiger partial charge in [0.25, 0.3) is 5.91 Å². The Kier molecular flexibility index (Phi) is 6.36. The molecule has 0 fully saturated rings. The fourth-order valence-electron chi connectivity index (χ4n) is 2.05. The van der Waals surface area contributed by atoms with Crippen LogP contribution in [0.5, 0.6) is 0 Å². The van der Waals surface area contributed by atoms with E-state index in [1.807, 2.05) is 6.07 Å². The number of para-hydroxylation sites is 1. The number of likely N-dealkylation sites (N-methyl/N-ethyl adjacent to an activating group) is 1. The molecule has 0 aromatic heterocycles. The smallest absolute Gasteiger partial charge is 0.338 e. The van der Waals surface area contributed by atoms with Gasteiger partial charge >= 0.3 is 5.97 Å². The molecule has 0 bridgehead atoms. The summed E-state index contributed by atoms with van der Waals surface area (Å²) in [6.45, 7) is -0.485. The molecule has 1 N–H and O–H groups in total. The van der Waals surface area contributed by atoms with Crippen LogP contribution in [0.2, 0.25) is 5.02 Å². The first kappa shape index (κ1) is 19.9. The second kappa shape index (κ2) is 8.31. The van der Waals surface area contributed by atoms with Gasteiger partial charge in [0.2, 0.25) is 10.0 Å². The number of amides is 1. The van der Waals surface area contributed by atoms with E-state index in [2.05, 4.69) is 4.72 Å². The molecule has 0 unspecified atom stereocenters. The quantitative estimate of drug-likeness (QED) is 0.754. The highest BCUT2D eigenvalue weighted by atomic mass is 35.5. The summed E-state index contributed by atoms with van der Waals surface area (Å²) in [7, 11) is -1.04. The van der Waals surface area contributed by atoms with Gasteiger partial charge in [-0.05, 0) is 37.4 Å². The van der Waals surface area contributed by atoms with E-state index in [0.717, 1.165) is 6.07 Å². The second-order valence-corrected chi connectivity index (χ2v) is 7.48. The van der Waals surface area contributed by atoms with Gasteiger partial charge in [-0.3, -0.25) is 4.79 Å². The number of rotatable bonds is 6. The molecule has 138 valence electrons. The Morgan fingerprint density at radius 1 is 1.15 bits per heavy atom. The Morgan fingerprint density at radius 3 is 2.42 bits per heavy atom. The fraction of sp³-hybridized carbons (Fsp3) is 0.176. The molecule has 0 saturated carbocycles. The minimum atomic E-state index is -3.83. The number of ether oxygens (including phenoxy) is 1. The first-order valence-corrected chi connectivity index (χ1v) is 9.34. The van der Waals surface area contributed by atoms with Crippen LogP contribution in [-0.4, -0.2) is 41.0 Å². The van der Waals surface area contributed by atoms with E-state index in [1.165, 1.54) is 24.1 Å². The predicted molar refractivity (Wildman–Crippen MR) is 97.8 cm³/mol. The summed E-state index contributed by atoms with van der Waals surface area (Å²) in [4.78, 5) is 25.4. The van der Waals surface area contributed by atoms with Crippen molar-refractivity contribution in [2.24, 2.45) is 0 Å². The van der Waals surface area contributed by atoms with Gasteiger partial charge in [-0.25, -0.2) is 17.9 Å². The van der Waals surface area contributed by atoms with Crippen molar-refractivity contribution in [1.82, 2.24) is 4.72 Å². The molecule has 0 atom stereocenters. The highest BCUT2D eigenvalue weighted by molar-refractivity contribution is 7.89. The molecule has 0 spiro atoms. The average Bonchev–Trinajstić information content (AvgIpc) is 2.66. The van der Waals surface area contributed by atoms with E-state index in [1.54, 1.807) is 31.3 Å². The maximum atomic E-state index is 12.1. The largest absolute Gasteiger partial charge is 0.452 e. The maximum absolute atomic E-state index is 12.1. The molecule has 2 aromatic carbocycles. The number of hydrogen-bond donors (Lipinski definition) is 1. The van der Waals surface area contributed by atoms with Crippen LogP contribution < -0.4 is 9.62 Å². The topological polar surface area (TPSA) is 92.8 Å². The van der Waals surface area contributed by atoms with Crippen LogP contribution >= 0.6 is 11.6 Å². The zero-order valence-corrected chi connectivity index (χ0v) is 15.7. The number of anilines is 1. The fourth-order valence-corrected chi connectivity index (χ4v) is 3.30. The third-order valence-corrected chi connectivity index (χ3v) is 5.47. The normalized spacial score (nSPS) is 11.0. The van der Waals surface area contributed by atoms with E-state index in [4.69, 9.17) is 16.3 Å². The zero-order chi connectivity index (χ0) is 19.3. The summed E-state index contributed by atoms with van der Waals surface area (Å²) < 4.78 is 30.9. The number of carbonyl (C=O) groups is 2. The van der Waals surface area contributed by atoms with Gasteiger partial charge in [-0.1, -0.05) is 29.8 Å². The summed E-state index contributed by atoms with van der Waals surface area (Å²) in [6.07, 6.45) is 0. The number of hydrogen-bond acceptors (Lipinski definition) is 5. The van der Waals surface area contributed by atoms with E-state index < -0.39 is 28.5 Å². The number of benzene rings is 2. The SMILES string of the molecule is CNS(=O)(=O)c1cc(C(=O)OCC(=O)N(C)c2ccccc2)ccc1Cl. The van der Waals surface area contributed by atoms with Gasteiger partial charge in [0.05, 0.1) is 10.6 Å². The van der Waals surface area contributed by atoms with Crippen molar-refractivity contribution in [2.75, 3.05) is 25.6 Å². The average molecular weight is 397 g/mol. The van der Waals surface area contributed by atoms with Crippen molar-refractivity contribution < 1.29 is 22.7 Å². The van der Waals surface area contributed by atoms with Crippen molar-refractivity contribution in [3.63, 3.8) is 0 Å². The molecule has 0 saturated heterocycles. The summed E-state index contributed by atoms with van der Waals surface area (Å²) in [5.41, 5.74) is 0.626. The molecular formula is C17H17ClN2O5S. The first-order valence-electron chi connectivity index (χ1n) is 7.48. The number of nitrogens with zero attached hydrogens (tertiary/aromatic N) is 1. The highest BCUT2D eigenvalue weighted by Gasteiger charge is 2.20. The van der Waals surface area contributed by atoms with Crippen LogP contribution in [-0.2, 0) is 19.6 Å². The lowest BCUT2D eigenvalue weighted by atomic mass is 10.2. The van der Waals surface area contributed by atoms with E-state index in [-0.39, 0.29) is 15.5 Å². The molecule has 0 aliphatic heterocycles. The third-order valence-electron chi connectivity index (χ3n) is 3.57. The molecule has 2 rings (SSSR count). The number of nitrogens with one attached hydrogen (secondary N) is 1. The monoisotopic (exact) mass is 396 g/mol. The van der Waals surface area contributed by atoms with Gasteiger partial charge in [-0.15, -0.1) is 0 Å². The summed E-state index contributed by atoms with van der Waals surface area (Å²) in [5.74, 6) is -1.26. The Morgan fingerprint density at radius 2 is 1.81 bits per heavy atom. The van der Waals surface area contributed by atoms with Gasteiger partial charge in [0.1, 0.15) is 4.90 Å². The summed E-state index contributed by atoms with van der Waals surface area (Å²) in [6, 6.07) is 12.6. The van der Waals surface area contributed by atoms with Gasteiger partial charge in [0, 0.05) is 12.7 Å². The predicted octanol–water partition coefficient (Wildman–Crippen LogP) is 2.07. The lowest BCUT2D eigenvalue weighted by Crippen LogP contribution is -2.31. The number of carbonyl (C=O) groups excluding carboxylic acids is 2. The number of esters is 1. The first-order chi connectivity index (χ1) is 12.3. The highest BCUT2D eigenvalue weighted by Crippen LogP contribution is 2.23. The Balaban J connectivity index is 2.09. The Bertz CT molecular complexity index is 916. The van der Waals surface area contributed by atoms with Crippen molar-refractivity contribution in [3.05, 3.63) is 59.1 Å². The van der Waals surface area contributed by atoms with Crippen molar-refractivity contribution >= 4 is 39.2 Å². The minimum Gasteiger partial charge on any atom is -0.452 e. The van der Waals surface area contributed by atoms with E-state index in [0.29, 0.717) is 5.69 Å². The lowest BCUT2D eigenvalue weighted by molar-refractivity contribution is -0.121. The number of sulfonamides is 1. The van der Waals surface area contributed by atoms with Crippen molar-refractivity contribution in [1.29, 1.82) is 0 Å². The Hall–Kier alpha value is -2.42. The van der Waals surface area contributed by atoms with Crippen LogP contribution in [0.4, 0.5) is 5.69 Å². The van der Waals surface area contributed by atoms with E-state index >= 15 is 0 Å². The van der Waals surface area contributed by atoms with Gasteiger partial charge in [0.15, 0.2) is 6.61 Å². The van der Waals surface area contributed by atoms with E-state index in [9.17, 15) is 18.0 Å². The van der Waals surface area contributed by atoms with Crippen molar-refractivity contribution in [2.45, 2.75) is 4.90 Å². The summed E-state index contributed by atoms with van der Waals surface area (Å²) >= 11 is 5.87. The standard InChI is InChI=1S/C17H17ClN2O5S/c1-19-26(23,24)15-10-12(8-9-14(15)18)17(22)25-11-16(21)20(2)13-6-4-3-5-7-13/h3-10,19H,11H2,1-2H3. The molecule has 0 aliphatic rings. The molecule has 2 aromatic rings. The summed E-state index contributed by atoms with van der Waals surface area (Å²) in [5, 5.41) is -0.0317. The third kappa shape index (κ3) is 4.60. The zero-order valence-electron chi connectivity index (χ0n) is 14.1. The maximum Gasteiger partial charge on any atom is 0.338 e. The molecule has 1 amide bonds. The van der Waals surface area contributed by atoms with Crippen LogP contribution in [0.25, 0.3) is 0 Å².